The minimum absolute atomic E-state index is 0.357. The fourth-order valence-corrected chi connectivity index (χ4v) is 2.87. The second-order valence-electron chi connectivity index (χ2n) is 4.23. The predicted octanol–water partition coefficient (Wildman–Crippen LogP) is 2.43. The highest BCUT2D eigenvalue weighted by Crippen LogP contribution is 2.21. The van der Waals surface area contributed by atoms with E-state index < -0.39 is 0 Å². The second kappa shape index (κ2) is 5.64. The van der Waals surface area contributed by atoms with Crippen LogP contribution in [0.2, 0.25) is 0 Å². The summed E-state index contributed by atoms with van der Waals surface area (Å²) < 4.78 is 5.35. The third-order valence-electron chi connectivity index (χ3n) is 3.18. The molecular weight excluding hydrogens is 206 g/mol. The SMILES string of the molecule is NC(CCc1cccs1)C1CCOCC1. The van der Waals surface area contributed by atoms with Crippen molar-refractivity contribution in [3.63, 3.8) is 0 Å². The number of nitrogens with two attached hydrogens (primary N) is 1. The van der Waals surface area contributed by atoms with Crippen LogP contribution in [0.4, 0.5) is 0 Å². The molecule has 0 amide bonds. The van der Waals surface area contributed by atoms with Gasteiger partial charge < -0.3 is 10.5 Å². The first-order chi connectivity index (χ1) is 7.36. The summed E-state index contributed by atoms with van der Waals surface area (Å²) in [5.41, 5.74) is 6.21. The van der Waals surface area contributed by atoms with Crippen LogP contribution in [0.1, 0.15) is 24.1 Å². The molecule has 3 heteroatoms. The molecule has 0 radical (unpaired) electrons. The lowest BCUT2D eigenvalue weighted by Gasteiger charge is -2.27. The zero-order valence-corrected chi connectivity index (χ0v) is 9.84. The first-order valence-corrected chi connectivity index (χ1v) is 6.60. The maximum atomic E-state index is 6.21. The van der Waals surface area contributed by atoms with Crippen molar-refractivity contribution in [3.8, 4) is 0 Å². The normalized spacial score (nSPS) is 20.3. The molecular formula is C12H19NOS. The van der Waals surface area contributed by atoms with Gasteiger partial charge in [0.25, 0.3) is 0 Å². The van der Waals surface area contributed by atoms with E-state index in [4.69, 9.17) is 10.5 Å². The fraction of sp³-hybridized carbons (Fsp3) is 0.667. The third kappa shape index (κ3) is 3.30. The lowest BCUT2D eigenvalue weighted by Crippen LogP contribution is -2.34. The molecule has 2 heterocycles. The Kier molecular flexibility index (Phi) is 4.18. The van der Waals surface area contributed by atoms with Crippen molar-refractivity contribution in [1.29, 1.82) is 0 Å². The molecule has 0 aliphatic carbocycles. The average molecular weight is 225 g/mol. The standard InChI is InChI=1S/C12H19NOS/c13-12(10-5-7-14-8-6-10)4-3-11-2-1-9-15-11/h1-2,9-10,12H,3-8,13H2. The quantitative estimate of drug-likeness (QED) is 0.854. The van der Waals surface area contributed by atoms with Gasteiger partial charge >= 0.3 is 0 Å². The number of rotatable bonds is 4. The summed E-state index contributed by atoms with van der Waals surface area (Å²) in [5.74, 6) is 0.679. The molecule has 1 aromatic rings. The Labute approximate surface area is 95.4 Å². The van der Waals surface area contributed by atoms with Gasteiger partial charge in [0.2, 0.25) is 0 Å². The Morgan fingerprint density at radius 3 is 2.93 bits per heavy atom. The van der Waals surface area contributed by atoms with Gasteiger partial charge in [-0.25, -0.2) is 0 Å². The van der Waals surface area contributed by atoms with Crippen molar-refractivity contribution in [3.05, 3.63) is 22.4 Å². The van der Waals surface area contributed by atoms with E-state index in [2.05, 4.69) is 17.5 Å². The zero-order chi connectivity index (χ0) is 10.5. The second-order valence-corrected chi connectivity index (χ2v) is 5.26. The number of hydrogen-bond acceptors (Lipinski definition) is 3. The van der Waals surface area contributed by atoms with Gasteiger partial charge in [0, 0.05) is 24.1 Å². The molecule has 2 rings (SSSR count). The molecule has 0 saturated carbocycles. The minimum atomic E-state index is 0.357. The summed E-state index contributed by atoms with van der Waals surface area (Å²) in [5, 5.41) is 2.13. The number of thiophene rings is 1. The Balaban J connectivity index is 1.74. The first-order valence-electron chi connectivity index (χ1n) is 5.72. The first kappa shape index (κ1) is 11.1. The lowest BCUT2D eigenvalue weighted by atomic mass is 9.89. The van der Waals surface area contributed by atoms with E-state index in [1.807, 2.05) is 11.3 Å². The van der Waals surface area contributed by atoms with Crippen LogP contribution in [0.15, 0.2) is 17.5 Å². The average Bonchev–Trinajstić information content (AvgIpc) is 2.80. The lowest BCUT2D eigenvalue weighted by molar-refractivity contribution is 0.0576. The Bertz CT molecular complexity index is 267. The zero-order valence-electron chi connectivity index (χ0n) is 9.02. The smallest absolute Gasteiger partial charge is 0.0469 e. The number of ether oxygens (including phenoxy) is 1. The van der Waals surface area contributed by atoms with Gasteiger partial charge in [0.05, 0.1) is 0 Å². The Morgan fingerprint density at radius 2 is 2.27 bits per heavy atom. The van der Waals surface area contributed by atoms with Crippen LogP contribution in [0.3, 0.4) is 0 Å². The molecule has 1 aliphatic heterocycles. The van der Waals surface area contributed by atoms with Gasteiger partial charge in [0.15, 0.2) is 0 Å². The molecule has 0 spiro atoms. The van der Waals surface area contributed by atoms with Crippen molar-refractivity contribution in [2.45, 2.75) is 31.7 Å². The molecule has 1 saturated heterocycles. The van der Waals surface area contributed by atoms with Crippen LogP contribution in [-0.2, 0) is 11.2 Å². The minimum Gasteiger partial charge on any atom is -0.381 e. The van der Waals surface area contributed by atoms with Crippen molar-refractivity contribution < 1.29 is 4.74 Å². The Morgan fingerprint density at radius 1 is 1.47 bits per heavy atom. The molecule has 0 aromatic carbocycles. The maximum Gasteiger partial charge on any atom is 0.0469 e. The van der Waals surface area contributed by atoms with Gasteiger partial charge in [-0.1, -0.05) is 6.07 Å². The van der Waals surface area contributed by atoms with Gasteiger partial charge in [0.1, 0.15) is 0 Å². The van der Waals surface area contributed by atoms with E-state index in [1.54, 1.807) is 0 Å². The molecule has 1 atom stereocenters. The molecule has 84 valence electrons. The van der Waals surface area contributed by atoms with Crippen LogP contribution < -0.4 is 5.73 Å². The van der Waals surface area contributed by atoms with Gasteiger partial charge in [-0.2, -0.15) is 0 Å². The van der Waals surface area contributed by atoms with Crippen LogP contribution in [0.25, 0.3) is 0 Å². The van der Waals surface area contributed by atoms with Gasteiger partial charge in [-0.15, -0.1) is 11.3 Å². The Hall–Kier alpha value is -0.380. The van der Waals surface area contributed by atoms with Gasteiger partial charge in [-0.3, -0.25) is 0 Å². The maximum absolute atomic E-state index is 6.21. The van der Waals surface area contributed by atoms with Crippen LogP contribution in [0.5, 0.6) is 0 Å². The summed E-state index contributed by atoms with van der Waals surface area (Å²) in [4.78, 5) is 1.46. The van der Waals surface area contributed by atoms with Crippen LogP contribution in [0, 0.1) is 5.92 Å². The van der Waals surface area contributed by atoms with Crippen molar-refractivity contribution in [2.75, 3.05) is 13.2 Å². The molecule has 1 unspecified atom stereocenters. The molecule has 1 fully saturated rings. The molecule has 1 aliphatic rings. The highest BCUT2D eigenvalue weighted by molar-refractivity contribution is 7.09. The van der Waals surface area contributed by atoms with Crippen molar-refractivity contribution in [2.24, 2.45) is 11.7 Å². The van der Waals surface area contributed by atoms with Gasteiger partial charge in [-0.05, 0) is 43.0 Å². The molecule has 2 N–H and O–H groups in total. The highest BCUT2D eigenvalue weighted by Gasteiger charge is 2.20. The summed E-state index contributed by atoms with van der Waals surface area (Å²) in [7, 11) is 0. The fourth-order valence-electron chi connectivity index (χ4n) is 2.14. The monoisotopic (exact) mass is 225 g/mol. The van der Waals surface area contributed by atoms with E-state index in [-0.39, 0.29) is 0 Å². The third-order valence-corrected chi connectivity index (χ3v) is 4.11. The predicted molar refractivity (Wildman–Crippen MR) is 64.2 cm³/mol. The number of hydrogen-bond donors (Lipinski definition) is 1. The van der Waals surface area contributed by atoms with E-state index in [9.17, 15) is 0 Å². The molecule has 1 aromatic heterocycles. The topological polar surface area (TPSA) is 35.2 Å². The van der Waals surface area contributed by atoms with Crippen molar-refractivity contribution >= 4 is 11.3 Å². The molecule has 0 bridgehead atoms. The molecule has 15 heavy (non-hydrogen) atoms. The van der Waals surface area contributed by atoms with Crippen LogP contribution >= 0.6 is 11.3 Å². The summed E-state index contributed by atoms with van der Waals surface area (Å²) in [6.07, 6.45) is 4.54. The molecule has 2 nitrogen and oxygen atoms in total. The highest BCUT2D eigenvalue weighted by atomic mass is 32.1. The van der Waals surface area contributed by atoms with Crippen molar-refractivity contribution in [1.82, 2.24) is 0 Å². The van der Waals surface area contributed by atoms with E-state index >= 15 is 0 Å². The van der Waals surface area contributed by atoms with Crippen LogP contribution in [-0.4, -0.2) is 19.3 Å². The van der Waals surface area contributed by atoms with E-state index in [0.717, 1.165) is 38.9 Å². The summed E-state index contributed by atoms with van der Waals surface area (Å²) >= 11 is 1.83. The van der Waals surface area contributed by atoms with E-state index in [1.165, 1.54) is 4.88 Å². The summed E-state index contributed by atoms with van der Waals surface area (Å²) in [6, 6.07) is 4.66. The van der Waals surface area contributed by atoms with E-state index in [0.29, 0.717) is 12.0 Å². The number of aryl methyl sites for hydroxylation is 1. The largest absolute Gasteiger partial charge is 0.381 e. The summed E-state index contributed by atoms with van der Waals surface area (Å²) in [6.45, 7) is 1.80.